The Bertz CT molecular complexity index is 825. The molecule has 0 heterocycles. The van der Waals surface area contributed by atoms with E-state index >= 15 is 0 Å². The summed E-state index contributed by atoms with van der Waals surface area (Å²) in [5.41, 5.74) is 1.37. The molecule has 1 N–H and O–H groups in total. The van der Waals surface area contributed by atoms with E-state index in [0.29, 0.717) is 17.2 Å². The van der Waals surface area contributed by atoms with Crippen LogP contribution in [0.4, 0.5) is 5.69 Å². The second kappa shape index (κ2) is 7.35. The normalized spacial score (nSPS) is 15.1. The number of rotatable bonds is 6. The molecule has 0 amide bonds. The summed E-state index contributed by atoms with van der Waals surface area (Å²) in [6, 6.07) is 11.9. The van der Waals surface area contributed by atoms with Crippen LogP contribution in [0.25, 0.3) is 0 Å². The molecule has 6 heteroatoms. The van der Waals surface area contributed by atoms with Crippen molar-refractivity contribution in [2.45, 2.75) is 43.6 Å². The van der Waals surface area contributed by atoms with E-state index in [0.717, 1.165) is 18.4 Å². The van der Waals surface area contributed by atoms with Gasteiger partial charge < -0.3 is 9.47 Å². The highest BCUT2D eigenvalue weighted by Crippen LogP contribution is 2.29. The number of benzene rings is 2. The summed E-state index contributed by atoms with van der Waals surface area (Å²) in [7, 11) is -2.18. The Morgan fingerprint density at radius 3 is 2.36 bits per heavy atom. The fraction of sp³-hybridized carbons (Fsp3) is 0.368. The monoisotopic (exact) mass is 361 g/mol. The lowest BCUT2D eigenvalue weighted by atomic mass is 10.2. The summed E-state index contributed by atoms with van der Waals surface area (Å²) in [6.45, 7) is 1.90. The van der Waals surface area contributed by atoms with Gasteiger partial charge in [-0.05, 0) is 74.6 Å². The lowest BCUT2D eigenvalue weighted by Gasteiger charge is -2.14. The molecule has 25 heavy (non-hydrogen) atoms. The van der Waals surface area contributed by atoms with Gasteiger partial charge in [0.1, 0.15) is 11.5 Å². The molecule has 0 unspecified atom stereocenters. The molecule has 1 saturated carbocycles. The van der Waals surface area contributed by atoms with Gasteiger partial charge in [0.2, 0.25) is 0 Å². The number of sulfonamides is 1. The predicted octanol–water partition coefficient (Wildman–Crippen LogP) is 4.13. The average molecular weight is 361 g/mol. The van der Waals surface area contributed by atoms with Crippen molar-refractivity contribution in [3.63, 3.8) is 0 Å². The first-order valence-electron chi connectivity index (χ1n) is 8.42. The van der Waals surface area contributed by atoms with Crippen LogP contribution in [0, 0.1) is 6.92 Å². The lowest BCUT2D eigenvalue weighted by molar-refractivity contribution is 0.210. The Morgan fingerprint density at radius 2 is 1.72 bits per heavy atom. The summed E-state index contributed by atoms with van der Waals surface area (Å²) in [4.78, 5) is 0.190. The smallest absolute Gasteiger partial charge is 0.262 e. The number of aryl methyl sites for hydroxylation is 1. The first kappa shape index (κ1) is 17.6. The largest absolute Gasteiger partial charge is 0.495 e. The summed E-state index contributed by atoms with van der Waals surface area (Å²) in [6.07, 6.45) is 4.76. The maximum atomic E-state index is 12.6. The van der Waals surface area contributed by atoms with Gasteiger partial charge >= 0.3 is 0 Å². The molecule has 0 aliphatic heterocycles. The molecule has 2 aromatic rings. The minimum Gasteiger partial charge on any atom is -0.495 e. The first-order valence-corrected chi connectivity index (χ1v) is 9.90. The highest BCUT2D eigenvalue weighted by molar-refractivity contribution is 7.92. The Balaban J connectivity index is 1.77. The molecule has 0 radical (unpaired) electrons. The van der Waals surface area contributed by atoms with Crippen LogP contribution in [-0.4, -0.2) is 21.6 Å². The van der Waals surface area contributed by atoms with Gasteiger partial charge in [-0.3, -0.25) is 4.72 Å². The van der Waals surface area contributed by atoms with E-state index in [2.05, 4.69) is 4.72 Å². The van der Waals surface area contributed by atoms with Crippen LogP contribution < -0.4 is 14.2 Å². The van der Waals surface area contributed by atoms with Crippen LogP contribution in [0.5, 0.6) is 11.5 Å². The quantitative estimate of drug-likeness (QED) is 0.840. The highest BCUT2D eigenvalue weighted by Gasteiger charge is 2.19. The molecule has 1 aliphatic carbocycles. The average Bonchev–Trinajstić information content (AvgIpc) is 3.08. The molecule has 0 spiro atoms. The third-order valence-electron chi connectivity index (χ3n) is 4.34. The minimum absolute atomic E-state index is 0.190. The molecule has 0 atom stereocenters. The van der Waals surface area contributed by atoms with Gasteiger partial charge in [0, 0.05) is 0 Å². The van der Waals surface area contributed by atoms with E-state index in [-0.39, 0.29) is 11.0 Å². The Kier molecular flexibility index (Phi) is 5.18. The van der Waals surface area contributed by atoms with Gasteiger partial charge in [-0.1, -0.05) is 6.07 Å². The number of anilines is 1. The molecule has 3 rings (SSSR count). The number of nitrogens with one attached hydrogen (secondary N) is 1. The van der Waals surface area contributed by atoms with Crippen molar-refractivity contribution in [3.05, 3.63) is 48.0 Å². The highest BCUT2D eigenvalue weighted by atomic mass is 32.2. The molecule has 0 bridgehead atoms. The SMILES string of the molecule is COc1ccc(C)cc1NS(=O)(=O)c1ccc(OC2CCCC2)cc1. The van der Waals surface area contributed by atoms with Crippen molar-refractivity contribution >= 4 is 15.7 Å². The van der Waals surface area contributed by atoms with Gasteiger partial charge in [-0.15, -0.1) is 0 Å². The molecular weight excluding hydrogens is 338 g/mol. The predicted molar refractivity (Wildman–Crippen MR) is 97.9 cm³/mol. The maximum Gasteiger partial charge on any atom is 0.262 e. The zero-order chi connectivity index (χ0) is 17.9. The molecule has 1 fully saturated rings. The van der Waals surface area contributed by atoms with Crippen molar-refractivity contribution in [2.24, 2.45) is 0 Å². The molecule has 134 valence electrons. The molecule has 0 saturated heterocycles. The van der Waals surface area contributed by atoms with Crippen molar-refractivity contribution in [3.8, 4) is 11.5 Å². The van der Waals surface area contributed by atoms with Crippen molar-refractivity contribution in [2.75, 3.05) is 11.8 Å². The fourth-order valence-corrected chi connectivity index (χ4v) is 4.06. The van der Waals surface area contributed by atoms with Gasteiger partial charge in [0.15, 0.2) is 0 Å². The van der Waals surface area contributed by atoms with Crippen LogP contribution in [0.3, 0.4) is 0 Å². The van der Waals surface area contributed by atoms with Crippen LogP contribution in [-0.2, 0) is 10.0 Å². The van der Waals surface area contributed by atoms with Gasteiger partial charge in [-0.25, -0.2) is 8.42 Å². The number of methoxy groups -OCH3 is 1. The van der Waals surface area contributed by atoms with Crippen molar-refractivity contribution < 1.29 is 17.9 Å². The first-order chi connectivity index (χ1) is 12.0. The Hall–Kier alpha value is -2.21. The van der Waals surface area contributed by atoms with E-state index in [9.17, 15) is 8.42 Å². The number of ether oxygens (including phenoxy) is 2. The van der Waals surface area contributed by atoms with Gasteiger partial charge in [-0.2, -0.15) is 0 Å². The van der Waals surface area contributed by atoms with Crippen LogP contribution in [0.2, 0.25) is 0 Å². The molecule has 0 aromatic heterocycles. The van der Waals surface area contributed by atoms with Gasteiger partial charge in [0.25, 0.3) is 10.0 Å². The Labute approximate surface area is 149 Å². The molecule has 5 nitrogen and oxygen atoms in total. The van der Waals surface area contributed by atoms with Crippen molar-refractivity contribution in [1.82, 2.24) is 0 Å². The number of hydrogen-bond acceptors (Lipinski definition) is 4. The van der Waals surface area contributed by atoms with Gasteiger partial charge in [0.05, 0.1) is 23.8 Å². The fourth-order valence-electron chi connectivity index (χ4n) is 3.00. The van der Waals surface area contributed by atoms with Crippen LogP contribution >= 0.6 is 0 Å². The third-order valence-corrected chi connectivity index (χ3v) is 5.72. The second-order valence-electron chi connectivity index (χ2n) is 6.30. The number of hydrogen-bond donors (Lipinski definition) is 1. The molecule has 1 aliphatic rings. The zero-order valence-electron chi connectivity index (χ0n) is 14.5. The van der Waals surface area contributed by atoms with E-state index in [1.165, 1.54) is 20.0 Å². The van der Waals surface area contributed by atoms with E-state index in [4.69, 9.17) is 9.47 Å². The van der Waals surface area contributed by atoms with E-state index in [1.807, 2.05) is 13.0 Å². The van der Waals surface area contributed by atoms with E-state index in [1.54, 1.807) is 36.4 Å². The summed E-state index contributed by atoms with van der Waals surface area (Å²) >= 11 is 0. The van der Waals surface area contributed by atoms with Crippen LogP contribution in [0.1, 0.15) is 31.2 Å². The topological polar surface area (TPSA) is 64.6 Å². The summed E-state index contributed by atoms with van der Waals surface area (Å²) in [5.74, 6) is 1.19. The standard InChI is InChI=1S/C19H23NO4S/c1-14-7-12-19(23-2)18(13-14)20-25(21,22)17-10-8-16(9-11-17)24-15-5-3-4-6-15/h7-13,15,20H,3-6H2,1-2H3. The van der Waals surface area contributed by atoms with Crippen molar-refractivity contribution in [1.29, 1.82) is 0 Å². The lowest BCUT2D eigenvalue weighted by Crippen LogP contribution is -2.14. The maximum absolute atomic E-state index is 12.6. The Morgan fingerprint density at radius 1 is 1.04 bits per heavy atom. The molecular formula is C19H23NO4S. The zero-order valence-corrected chi connectivity index (χ0v) is 15.3. The second-order valence-corrected chi connectivity index (χ2v) is 7.99. The third kappa shape index (κ3) is 4.25. The summed E-state index contributed by atoms with van der Waals surface area (Å²) < 4.78 is 39.0. The van der Waals surface area contributed by atoms with E-state index < -0.39 is 10.0 Å². The summed E-state index contributed by atoms with van der Waals surface area (Å²) in [5, 5.41) is 0. The van der Waals surface area contributed by atoms with Crippen LogP contribution in [0.15, 0.2) is 47.4 Å². The molecule has 2 aromatic carbocycles. The minimum atomic E-state index is -3.69.